The van der Waals surface area contributed by atoms with E-state index in [1.54, 1.807) is 49.6 Å². The van der Waals surface area contributed by atoms with E-state index in [1.807, 2.05) is 0 Å². The Labute approximate surface area is 195 Å². The number of rotatable bonds is 10. The minimum absolute atomic E-state index is 0.230. The average Bonchev–Trinajstić information content (AvgIpc) is 2.79. The SMILES string of the molecule is COCCCNC(=O)C(=O)N/N=C\c1ccc(OCC(=O)Nc2cccc(Cl)c2Cl)cc1. The molecule has 2 rings (SSSR count). The van der Waals surface area contributed by atoms with Gasteiger partial charge >= 0.3 is 11.8 Å². The zero-order chi connectivity index (χ0) is 23.3. The molecule has 0 spiro atoms. The van der Waals surface area contributed by atoms with E-state index in [2.05, 4.69) is 21.2 Å². The van der Waals surface area contributed by atoms with Crippen molar-refractivity contribution in [2.75, 3.05) is 32.2 Å². The van der Waals surface area contributed by atoms with Crippen LogP contribution in [0.25, 0.3) is 0 Å². The van der Waals surface area contributed by atoms with E-state index in [4.69, 9.17) is 32.7 Å². The molecule has 0 atom stereocenters. The number of methoxy groups -OCH3 is 1. The van der Waals surface area contributed by atoms with Crippen LogP contribution in [0.2, 0.25) is 10.0 Å². The molecule has 3 N–H and O–H groups in total. The fourth-order valence-corrected chi connectivity index (χ4v) is 2.65. The van der Waals surface area contributed by atoms with Gasteiger partial charge in [-0.1, -0.05) is 29.3 Å². The highest BCUT2D eigenvalue weighted by Crippen LogP contribution is 2.29. The summed E-state index contributed by atoms with van der Waals surface area (Å²) in [6.45, 7) is 0.585. The van der Waals surface area contributed by atoms with Crippen LogP contribution in [0.15, 0.2) is 47.6 Å². The van der Waals surface area contributed by atoms with Crippen molar-refractivity contribution in [3.63, 3.8) is 0 Å². The Morgan fingerprint density at radius 2 is 1.81 bits per heavy atom. The van der Waals surface area contributed by atoms with Gasteiger partial charge in [-0.25, -0.2) is 5.43 Å². The zero-order valence-electron chi connectivity index (χ0n) is 17.2. The molecule has 0 saturated carbocycles. The molecule has 2 aromatic carbocycles. The summed E-state index contributed by atoms with van der Waals surface area (Å²) in [5.41, 5.74) is 3.18. The van der Waals surface area contributed by atoms with Gasteiger partial charge in [0.25, 0.3) is 5.91 Å². The van der Waals surface area contributed by atoms with Crippen molar-refractivity contribution in [2.45, 2.75) is 6.42 Å². The first-order valence-electron chi connectivity index (χ1n) is 9.47. The Hall–Kier alpha value is -3.14. The number of hydrogen-bond acceptors (Lipinski definition) is 6. The van der Waals surface area contributed by atoms with Crippen LogP contribution in [0.1, 0.15) is 12.0 Å². The molecule has 0 fully saturated rings. The van der Waals surface area contributed by atoms with Crippen LogP contribution < -0.4 is 20.8 Å². The number of ether oxygens (including phenoxy) is 2. The van der Waals surface area contributed by atoms with Gasteiger partial charge in [0.15, 0.2) is 6.61 Å². The first-order valence-corrected chi connectivity index (χ1v) is 10.2. The first kappa shape index (κ1) is 25.1. The molecule has 9 nitrogen and oxygen atoms in total. The van der Waals surface area contributed by atoms with Gasteiger partial charge in [-0.2, -0.15) is 5.10 Å². The Balaban J connectivity index is 1.75. The highest BCUT2D eigenvalue weighted by Gasteiger charge is 2.11. The predicted molar refractivity (Wildman–Crippen MR) is 122 cm³/mol. The number of halogens is 2. The Morgan fingerprint density at radius 3 is 2.53 bits per heavy atom. The van der Waals surface area contributed by atoms with Crippen LogP contribution in [0.4, 0.5) is 5.69 Å². The Kier molecular flexibility index (Phi) is 10.5. The predicted octanol–water partition coefficient (Wildman–Crippen LogP) is 2.61. The molecule has 0 heterocycles. The van der Waals surface area contributed by atoms with E-state index in [1.165, 1.54) is 6.21 Å². The topological polar surface area (TPSA) is 118 Å². The van der Waals surface area contributed by atoms with Gasteiger partial charge in [-0.3, -0.25) is 14.4 Å². The molecule has 0 saturated heterocycles. The number of hydrazone groups is 1. The Morgan fingerprint density at radius 1 is 1.06 bits per heavy atom. The van der Waals surface area contributed by atoms with Crippen molar-refractivity contribution < 1.29 is 23.9 Å². The third-order valence-electron chi connectivity index (χ3n) is 3.87. The molecular formula is C21H22Cl2N4O5. The summed E-state index contributed by atoms with van der Waals surface area (Å²) in [5.74, 6) is -1.60. The standard InChI is InChI=1S/C21H22Cl2N4O5/c1-31-11-3-10-24-20(29)21(30)27-25-12-14-6-8-15(9-7-14)32-13-18(28)26-17-5-2-4-16(22)19(17)23/h2,4-9,12H,3,10-11,13H2,1H3,(H,24,29)(H,26,28)(H,27,30)/b25-12-. The number of carbonyl (C=O) groups excluding carboxylic acids is 3. The molecule has 170 valence electrons. The number of anilines is 1. The van der Waals surface area contributed by atoms with Gasteiger partial charge in [0.2, 0.25) is 0 Å². The number of nitrogens with zero attached hydrogens (tertiary/aromatic N) is 1. The molecule has 11 heteroatoms. The quantitative estimate of drug-likeness (QED) is 0.209. The lowest BCUT2D eigenvalue weighted by atomic mass is 10.2. The highest BCUT2D eigenvalue weighted by atomic mass is 35.5. The van der Waals surface area contributed by atoms with E-state index in [0.29, 0.717) is 41.6 Å². The van der Waals surface area contributed by atoms with Gasteiger partial charge in [0.05, 0.1) is 21.9 Å². The van der Waals surface area contributed by atoms with Crippen LogP contribution in [0.3, 0.4) is 0 Å². The van der Waals surface area contributed by atoms with E-state index < -0.39 is 17.7 Å². The summed E-state index contributed by atoms with van der Waals surface area (Å²) in [4.78, 5) is 35.2. The van der Waals surface area contributed by atoms with Gasteiger partial charge in [0.1, 0.15) is 5.75 Å². The maximum absolute atomic E-state index is 12.0. The molecule has 0 aromatic heterocycles. The molecule has 0 radical (unpaired) electrons. The lowest BCUT2D eigenvalue weighted by Gasteiger charge is -2.09. The summed E-state index contributed by atoms with van der Waals surface area (Å²) in [6, 6.07) is 11.5. The largest absolute Gasteiger partial charge is 0.484 e. The summed E-state index contributed by atoms with van der Waals surface area (Å²) in [7, 11) is 1.55. The monoisotopic (exact) mass is 480 g/mol. The second-order valence-electron chi connectivity index (χ2n) is 6.31. The van der Waals surface area contributed by atoms with Crippen molar-refractivity contribution >= 4 is 52.8 Å². The molecule has 0 aliphatic rings. The summed E-state index contributed by atoms with van der Waals surface area (Å²) >= 11 is 11.9. The summed E-state index contributed by atoms with van der Waals surface area (Å²) < 4.78 is 10.3. The van der Waals surface area contributed by atoms with Gasteiger partial charge in [-0.05, 0) is 48.4 Å². The van der Waals surface area contributed by atoms with Crippen molar-refractivity contribution in [2.24, 2.45) is 5.10 Å². The molecule has 0 aliphatic carbocycles. The molecular weight excluding hydrogens is 459 g/mol. The zero-order valence-corrected chi connectivity index (χ0v) is 18.7. The van der Waals surface area contributed by atoms with Crippen LogP contribution in [-0.4, -0.2) is 50.8 Å². The lowest BCUT2D eigenvalue weighted by molar-refractivity contribution is -0.139. The average molecular weight is 481 g/mol. The highest BCUT2D eigenvalue weighted by molar-refractivity contribution is 6.44. The Bertz CT molecular complexity index is 967. The molecule has 0 unspecified atom stereocenters. The number of amides is 3. The second kappa shape index (κ2) is 13.3. The fourth-order valence-electron chi connectivity index (χ4n) is 2.30. The molecule has 0 aliphatic heterocycles. The van der Waals surface area contributed by atoms with E-state index in [-0.39, 0.29) is 11.6 Å². The minimum Gasteiger partial charge on any atom is -0.484 e. The number of hydrogen-bond donors (Lipinski definition) is 3. The number of nitrogens with one attached hydrogen (secondary N) is 3. The number of benzene rings is 2. The third kappa shape index (κ3) is 8.54. The van der Waals surface area contributed by atoms with Crippen molar-refractivity contribution in [3.05, 3.63) is 58.1 Å². The van der Waals surface area contributed by atoms with Crippen LogP contribution in [0.5, 0.6) is 5.75 Å². The minimum atomic E-state index is -0.871. The molecule has 32 heavy (non-hydrogen) atoms. The van der Waals surface area contributed by atoms with E-state index in [9.17, 15) is 14.4 Å². The smallest absolute Gasteiger partial charge is 0.329 e. The maximum Gasteiger partial charge on any atom is 0.329 e. The van der Waals surface area contributed by atoms with Crippen LogP contribution in [-0.2, 0) is 19.1 Å². The van der Waals surface area contributed by atoms with Crippen LogP contribution in [0, 0.1) is 0 Å². The van der Waals surface area contributed by atoms with Crippen molar-refractivity contribution in [1.82, 2.24) is 10.7 Å². The summed E-state index contributed by atoms with van der Waals surface area (Å²) in [6.07, 6.45) is 1.97. The maximum atomic E-state index is 12.0. The normalized spacial score (nSPS) is 10.6. The van der Waals surface area contributed by atoms with Crippen LogP contribution >= 0.6 is 23.2 Å². The molecule has 2 aromatic rings. The first-order chi connectivity index (χ1) is 15.4. The van der Waals surface area contributed by atoms with Gasteiger partial charge in [-0.15, -0.1) is 0 Å². The molecule has 3 amide bonds. The fraction of sp³-hybridized carbons (Fsp3) is 0.238. The lowest BCUT2D eigenvalue weighted by Crippen LogP contribution is -2.38. The third-order valence-corrected chi connectivity index (χ3v) is 4.69. The van der Waals surface area contributed by atoms with Gasteiger partial charge < -0.3 is 20.1 Å². The number of carbonyl (C=O) groups is 3. The van der Waals surface area contributed by atoms with Crippen molar-refractivity contribution in [3.8, 4) is 5.75 Å². The second-order valence-corrected chi connectivity index (χ2v) is 7.09. The van der Waals surface area contributed by atoms with E-state index in [0.717, 1.165) is 0 Å². The van der Waals surface area contributed by atoms with Gasteiger partial charge in [0, 0.05) is 20.3 Å². The van der Waals surface area contributed by atoms with E-state index >= 15 is 0 Å². The van der Waals surface area contributed by atoms with Crippen molar-refractivity contribution in [1.29, 1.82) is 0 Å². The summed E-state index contributed by atoms with van der Waals surface area (Å²) in [5, 5.41) is 9.39. The molecule has 0 bridgehead atoms.